The van der Waals surface area contributed by atoms with E-state index in [-0.39, 0.29) is 5.97 Å². The number of ether oxygens (including phenoxy) is 1. The molecule has 86 valence electrons. The molecule has 3 nitrogen and oxygen atoms in total. The number of esters is 1. The van der Waals surface area contributed by atoms with Crippen LogP contribution in [0.3, 0.4) is 0 Å². The summed E-state index contributed by atoms with van der Waals surface area (Å²) in [5.74, 6) is 0.117. The van der Waals surface area contributed by atoms with Gasteiger partial charge in [-0.15, -0.1) is 0 Å². The molecular weight excluding hydrogens is 214 g/mol. The zero-order chi connectivity index (χ0) is 12.3. The molecule has 3 heteroatoms. The van der Waals surface area contributed by atoms with Crippen molar-refractivity contribution in [1.82, 2.24) is 0 Å². The van der Waals surface area contributed by atoms with E-state index in [1.54, 1.807) is 12.1 Å². The Morgan fingerprint density at radius 1 is 1.12 bits per heavy atom. The molecule has 17 heavy (non-hydrogen) atoms. The number of nitrogens with two attached hydrogens (primary N) is 1. The standard InChI is InChI=1S/C14H13NO2/c1-10(16)17-12-7-8-13(14(15)9-12)11-5-3-2-4-6-11/h2-9H,15H2,1H3. The Morgan fingerprint density at radius 3 is 2.41 bits per heavy atom. The van der Waals surface area contributed by atoms with Crippen LogP contribution in [0.5, 0.6) is 5.75 Å². The minimum absolute atomic E-state index is 0.350. The van der Waals surface area contributed by atoms with Crippen molar-refractivity contribution in [2.75, 3.05) is 5.73 Å². The van der Waals surface area contributed by atoms with E-state index in [0.717, 1.165) is 11.1 Å². The summed E-state index contributed by atoms with van der Waals surface area (Å²) in [6.45, 7) is 1.36. The SMILES string of the molecule is CC(=O)Oc1ccc(-c2ccccc2)c(N)c1. The number of anilines is 1. The predicted octanol–water partition coefficient (Wildman–Crippen LogP) is 2.86. The average Bonchev–Trinajstić information content (AvgIpc) is 2.29. The molecule has 0 saturated carbocycles. The smallest absolute Gasteiger partial charge is 0.308 e. The van der Waals surface area contributed by atoms with Crippen molar-refractivity contribution in [3.8, 4) is 16.9 Å². The van der Waals surface area contributed by atoms with Crippen LogP contribution in [0.25, 0.3) is 11.1 Å². The number of carbonyl (C=O) groups excluding carboxylic acids is 1. The van der Waals surface area contributed by atoms with Gasteiger partial charge in [0.1, 0.15) is 5.75 Å². The number of hydrogen-bond acceptors (Lipinski definition) is 3. The molecule has 0 aliphatic rings. The molecule has 2 N–H and O–H groups in total. The highest BCUT2D eigenvalue weighted by Crippen LogP contribution is 2.29. The summed E-state index contributed by atoms with van der Waals surface area (Å²) in [6, 6.07) is 15.1. The fourth-order valence-corrected chi connectivity index (χ4v) is 1.65. The number of hydrogen-bond donors (Lipinski definition) is 1. The molecule has 0 aliphatic heterocycles. The Balaban J connectivity index is 2.35. The molecule has 0 radical (unpaired) electrons. The Morgan fingerprint density at radius 2 is 1.82 bits per heavy atom. The molecule has 2 aromatic carbocycles. The fraction of sp³-hybridized carbons (Fsp3) is 0.0714. The van der Waals surface area contributed by atoms with Gasteiger partial charge in [-0.05, 0) is 17.7 Å². The van der Waals surface area contributed by atoms with Gasteiger partial charge in [-0.25, -0.2) is 0 Å². The maximum absolute atomic E-state index is 10.8. The third-order valence-electron chi connectivity index (χ3n) is 2.37. The maximum atomic E-state index is 10.8. The van der Waals surface area contributed by atoms with Crippen LogP contribution in [0.2, 0.25) is 0 Å². The average molecular weight is 227 g/mol. The summed E-state index contributed by atoms with van der Waals surface area (Å²) in [5.41, 5.74) is 8.50. The fourth-order valence-electron chi connectivity index (χ4n) is 1.65. The molecule has 0 aliphatic carbocycles. The van der Waals surface area contributed by atoms with Gasteiger partial charge in [0.25, 0.3) is 0 Å². The molecule has 2 rings (SSSR count). The molecule has 0 saturated heterocycles. The van der Waals surface area contributed by atoms with Gasteiger partial charge in [0.15, 0.2) is 0 Å². The second-order valence-corrected chi connectivity index (χ2v) is 3.71. The first-order valence-electron chi connectivity index (χ1n) is 5.30. The largest absolute Gasteiger partial charge is 0.427 e. The minimum atomic E-state index is -0.350. The summed E-state index contributed by atoms with van der Waals surface area (Å²) in [5, 5.41) is 0. The number of carbonyl (C=O) groups is 1. The summed E-state index contributed by atoms with van der Waals surface area (Å²) in [7, 11) is 0. The highest BCUT2D eigenvalue weighted by Gasteiger charge is 2.05. The zero-order valence-corrected chi connectivity index (χ0v) is 9.51. The Kier molecular flexibility index (Phi) is 3.10. The topological polar surface area (TPSA) is 52.3 Å². The van der Waals surface area contributed by atoms with Crippen molar-refractivity contribution >= 4 is 11.7 Å². The summed E-state index contributed by atoms with van der Waals surface area (Å²) in [6.07, 6.45) is 0. The van der Waals surface area contributed by atoms with Crippen LogP contribution in [-0.2, 0) is 4.79 Å². The van der Waals surface area contributed by atoms with E-state index >= 15 is 0 Å². The van der Waals surface area contributed by atoms with Crippen LogP contribution in [0.15, 0.2) is 48.5 Å². The van der Waals surface area contributed by atoms with Crippen LogP contribution < -0.4 is 10.5 Å². The van der Waals surface area contributed by atoms with Crippen LogP contribution in [0, 0.1) is 0 Å². The van der Waals surface area contributed by atoms with Gasteiger partial charge < -0.3 is 10.5 Å². The van der Waals surface area contributed by atoms with Crippen molar-refractivity contribution in [2.45, 2.75) is 6.92 Å². The number of nitrogen functional groups attached to an aromatic ring is 1. The third kappa shape index (κ3) is 2.64. The van der Waals surface area contributed by atoms with Crippen molar-refractivity contribution in [3.63, 3.8) is 0 Å². The summed E-state index contributed by atoms with van der Waals surface area (Å²) in [4.78, 5) is 10.8. The second-order valence-electron chi connectivity index (χ2n) is 3.71. The normalized spacial score (nSPS) is 9.94. The number of benzene rings is 2. The molecular formula is C14H13NO2. The Labute approximate surface area is 99.8 Å². The van der Waals surface area contributed by atoms with E-state index in [9.17, 15) is 4.79 Å². The van der Waals surface area contributed by atoms with E-state index in [4.69, 9.17) is 10.5 Å². The molecule has 0 spiro atoms. The van der Waals surface area contributed by atoms with Crippen LogP contribution >= 0.6 is 0 Å². The van der Waals surface area contributed by atoms with Gasteiger partial charge in [-0.2, -0.15) is 0 Å². The molecule has 0 heterocycles. The molecule has 0 amide bonds. The van der Waals surface area contributed by atoms with E-state index in [2.05, 4.69) is 0 Å². The van der Waals surface area contributed by atoms with Crippen LogP contribution in [0.4, 0.5) is 5.69 Å². The molecule has 0 atom stereocenters. The van der Waals surface area contributed by atoms with Gasteiger partial charge in [-0.3, -0.25) is 4.79 Å². The lowest BCUT2D eigenvalue weighted by molar-refractivity contribution is -0.131. The highest BCUT2D eigenvalue weighted by atomic mass is 16.5. The van der Waals surface area contributed by atoms with E-state index in [1.165, 1.54) is 6.92 Å². The van der Waals surface area contributed by atoms with E-state index in [0.29, 0.717) is 11.4 Å². The van der Waals surface area contributed by atoms with Crippen molar-refractivity contribution < 1.29 is 9.53 Å². The van der Waals surface area contributed by atoms with Gasteiger partial charge in [-0.1, -0.05) is 30.3 Å². The van der Waals surface area contributed by atoms with Crippen molar-refractivity contribution in [1.29, 1.82) is 0 Å². The first-order chi connectivity index (χ1) is 8.16. The first kappa shape index (κ1) is 11.2. The summed E-state index contributed by atoms with van der Waals surface area (Å²) >= 11 is 0. The van der Waals surface area contributed by atoms with Crippen molar-refractivity contribution in [3.05, 3.63) is 48.5 Å². The van der Waals surface area contributed by atoms with E-state index < -0.39 is 0 Å². The van der Waals surface area contributed by atoms with Gasteiger partial charge in [0, 0.05) is 24.2 Å². The monoisotopic (exact) mass is 227 g/mol. The lowest BCUT2D eigenvalue weighted by atomic mass is 10.0. The predicted molar refractivity (Wildman–Crippen MR) is 67.6 cm³/mol. The zero-order valence-electron chi connectivity index (χ0n) is 9.51. The lowest BCUT2D eigenvalue weighted by Crippen LogP contribution is -2.02. The Bertz CT molecular complexity index is 535. The van der Waals surface area contributed by atoms with Crippen molar-refractivity contribution in [2.24, 2.45) is 0 Å². The molecule has 0 fully saturated rings. The Hall–Kier alpha value is -2.29. The van der Waals surface area contributed by atoms with Gasteiger partial charge in [0.05, 0.1) is 0 Å². The molecule has 0 unspecified atom stereocenters. The van der Waals surface area contributed by atoms with Gasteiger partial charge in [0.2, 0.25) is 0 Å². The highest BCUT2D eigenvalue weighted by molar-refractivity contribution is 5.78. The lowest BCUT2D eigenvalue weighted by Gasteiger charge is -2.08. The quantitative estimate of drug-likeness (QED) is 0.487. The molecule has 0 aromatic heterocycles. The second kappa shape index (κ2) is 4.70. The third-order valence-corrected chi connectivity index (χ3v) is 2.37. The first-order valence-corrected chi connectivity index (χ1v) is 5.30. The minimum Gasteiger partial charge on any atom is -0.427 e. The van der Waals surface area contributed by atoms with E-state index in [1.807, 2.05) is 36.4 Å². The van der Waals surface area contributed by atoms with Gasteiger partial charge >= 0.3 is 5.97 Å². The van der Waals surface area contributed by atoms with Crippen LogP contribution in [-0.4, -0.2) is 5.97 Å². The summed E-state index contributed by atoms with van der Waals surface area (Å²) < 4.78 is 4.97. The molecule has 0 bridgehead atoms. The van der Waals surface area contributed by atoms with Crippen LogP contribution in [0.1, 0.15) is 6.92 Å². The molecule has 2 aromatic rings. The maximum Gasteiger partial charge on any atom is 0.308 e. The number of rotatable bonds is 2.